The predicted molar refractivity (Wildman–Crippen MR) is 131 cm³/mol. The Morgan fingerprint density at radius 2 is 1.84 bits per heavy atom. The highest BCUT2D eigenvalue weighted by molar-refractivity contribution is 6.74. The van der Waals surface area contributed by atoms with E-state index in [1.165, 1.54) is 6.92 Å². The second-order valence-corrected chi connectivity index (χ2v) is 15.3. The minimum absolute atomic E-state index is 0.0297. The number of ether oxygens (including phenoxy) is 3. The second kappa shape index (κ2) is 11.6. The fourth-order valence-corrected chi connectivity index (χ4v) is 4.60. The molecule has 180 valence electrons. The fraction of sp³-hybridized carbons (Fsp3) is 0.654. The maximum atomic E-state index is 11.4. The average Bonchev–Trinajstić information content (AvgIpc) is 3.47. The molecule has 32 heavy (non-hydrogen) atoms. The van der Waals surface area contributed by atoms with Crippen molar-refractivity contribution in [2.45, 2.75) is 78.0 Å². The summed E-state index contributed by atoms with van der Waals surface area (Å²) in [7, 11) is -1.83. The largest absolute Gasteiger partial charge is 0.465 e. The molecule has 1 aromatic carbocycles. The lowest BCUT2D eigenvalue weighted by Gasteiger charge is -2.36. The first-order valence-corrected chi connectivity index (χ1v) is 14.5. The molecule has 0 spiro atoms. The monoisotopic (exact) mass is 462 g/mol. The number of carbonyl (C=O) groups excluding carboxylic acids is 1. The summed E-state index contributed by atoms with van der Waals surface area (Å²) in [5, 5.41) is 0.164. The summed E-state index contributed by atoms with van der Waals surface area (Å²) in [4.78, 5) is 11.4. The van der Waals surface area contributed by atoms with Crippen molar-refractivity contribution in [2.75, 3.05) is 19.8 Å². The third kappa shape index (κ3) is 8.14. The number of carbonyl (C=O) groups is 1. The first-order chi connectivity index (χ1) is 14.9. The summed E-state index contributed by atoms with van der Waals surface area (Å²) >= 11 is 0. The van der Waals surface area contributed by atoms with Crippen molar-refractivity contribution in [3.05, 3.63) is 48.0 Å². The van der Waals surface area contributed by atoms with Crippen LogP contribution in [-0.4, -0.2) is 46.3 Å². The van der Waals surface area contributed by atoms with E-state index >= 15 is 0 Å². The van der Waals surface area contributed by atoms with Gasteiger partial charge in [0.2, 0.25) is 0 Å². The standard InChI is InChI=1S/C26H42O5Si/c1-19(2)23(17-29-20(3)27)22(14-15-28-16-21-12-10-9-11-13-21)25-24(31-25)18-30-32(7,8)26(4,5)6/h9-13,22-25H,1,14-18H2,2-8H3/t22-,23+,24+,25+/m0/s1. The fourth-order valence-electron chi connectivity index (χ4n) is 3.59. The van der Waals surface area contributed by atoms with Gasteiger partial charge in [-0.1, -0.05) is 63.3 Å². The van der Waals surface area contributed by atoms with Gasteiger partial charge in [0.25, 0.3) is 0 Å². The van der Waals surface area contributed by atoms with E-state index in [4.69, 9.17) is 18.6 Å². The Balaban J connectivity index is 1.98. The zero-order valence-electron chi connectivity index (χ0n) is 21.0. The summed E-state index contributed by atoms with van der Waals surface area (Å²) in [6.07, 6.45) is 0.951. The highest BCUT2D eigenvalue weighted by Crippen LogP contribution is 2.41. The number of hydrogen-bond donors (Lipinski definition) is 0. The quantitative estimate of drug-likeness (QED) is 0.123. The molecular weight excluding hydrogens is 420 g/mol. The minimum atomic E-state index is -1.83. The van der Waals surface area contributed by atoms with E-state index in [0.29, 0.717) is 26.4 Å². The van der Waals surface area contributed by atoms with Crippen LogP contribution in [0, 0.1) is 11.8 Å². The lowest BCUT2D eigenvalue weighted by molar-refractivity contribution is -0.142. The van der Waals surface area contributed by atoms with Crippen LogP contribution in [0.2, 0.25) is 18.1 Å². The molecule has 6 heteroatoms. The van der Waals surface area contributed by atoms with E-state index in [1.54, 1.807) is 0 Å². The molecule has 0 amide bonds. The summed E-state index contributed by atoms with van der Waals surface area (Å²) in [5.41, 5.74) is 2.16. The summed E-state index contributed by atoms with van der Waals surface area (Å²) in [6.45, 7) is 21.0. The third-order valence-corrected chi connectivity index (χ3v) is 11.3. The van der Waals surface area contributed by atoms with Gasteiger partial charge in [0.15, 0.2) is 8.32 Å². The predicted octanol–water partition coefficient (Wildman–Crippen LogP) is 5.75. The Morgan fingerprint density at radius 1 is 1.19 bits per heavy atom. The topological polar surface area (TPSA) is 57.3 Å². The van der Waals surface area contributed by atoms with Gasteiger partial charge in [-0.3, -0.25) is 4.79 Å². The number of epoxide rings is 1. The zero-order valence-corrected chi connectivity index (χ0v) is 22.0. The highest BCUT2D eigenvalue weighted by atomic mass is 28.4. The number of hydrogen-bond acceptors (Lipinski definition) is 5. The van der Waals surface area contributed by atoms with Crippen molar-refractivity contribution in [2.24, 2.45) is 11.8 Å². The van der Waals surface area contributed by atoms with Gasteiger partial charge >= 0.3 is 5.97 Å². The van der Waals surface area contributed by atoms with Crippen molar-refractivity contribution in [3.63, 3.8) is 0 Å². The Kier molecular flexibility index (Phi) is 9.70. The van der Waals surface area contributed by atoms with Crippen LogP contribution in [0.25, 0.3) is 0 Å². The van der Waals surface area contributed by atoms with Crippen LogP contribution in [0.5, 0.6) is 0 Å². The molecule has 0 N–H and O–H groups in total. The Labute approximate surface area is 195 Å². The molecule has 1 saturated heterocycles. The van der Waals surface area contributed by atoms with Crippen LogP contribution < -0.4 is 0 Å². The van der Waals surface area contributed by atoms with E-state index in [-0.39, 0.29) is 35.1 Å². The minimum Gasteiger partial charge on any atom is -0.465 e. The van der Waals surface area contributed by atoms with Gasteiger partial charge in [-0.05, 0) is 43.0 Å². The smallest absolute Gasteiger partial charge is 0.302 e. The van der Waals surface area contributed by atoms with Crippen LogP contribution >= 0.6 is 0 Å². The maximum absolute atomic E-state index is 11.4. The first kappa shape index (κ1) is 26.8. The van der Waals surface area contributed by atoms with Crippen LogP contribution in [0.1, 0.15) is 46.6 Å². The normalized spacial score (nSPS) is 20.5. The molecule has 4 atom stereocenters. The van der Waals surface area contributed by atoms with Gasteiger partial charge in [0, 0.05) is 19.4 Å². The Morgan fingerprint density at radius 3 is 2.41 bits per heavy atom. The van der Waals surface area contributed by atoms with Gasteiger partial charge in [-0.15, -0.1) is 0 Å². The third-order valence-electron chi connectivity index (χ3n) is 6.78. The lowest BCUT2D eigenvalue weighted by atomic mass is 9.82. The van der Waals surface area contributed by atoms with E-state index in [9.17, 15) is 4.79 Å². The van der Waals surface area contributed by atoms with Crippen molar-refractivity contribution in [3.8, 4) is 0 Å². The van der Waals surface area contributed by atoms with Gasteiger partial charge in [0.05, 0.1) is 25.9 Å². The summed E-state index contributed by atoms with van der Waals surface area (Å²) in [6, 6.07) is 10.2. The van der Waals surface area contributed by atoms with Gasteiger partial charge in [-0.25, -0.2) is 0 Å². The summed E-state index contributed by atoms with van der Waals surface area (Å²) < 4.78 is 23.8. The Hall–Kier alpha value is -1.47. The average molecular weight is 463 g/mol. The van der Waals surface area contributed by atoms with Crippen LogP contribution in [-0.2, 0) is 30.0 Å². The van der Waals surface area contributed by atoms with E-state index in [2.05, 4.69) is 52.6 Å². The Bertz CT molecular complexity index is 740. The lowest BCUT2D eigenvalue weighted by Crippen LogP contribution is -2.42. The molecule has 0 bridgehead atoms. The molecular formula is C26H42O5Si. The molecule has 5 nitrogen and oxygen atoms in total. The van der Waals surface area contributed by atoms with E-state index < -0.39 is 8.32 Å². The maximum Gasteiger partial charge on any atom is 0.302 e. The molecule has 1 aliphatic rings. The molecule has 0 radical (unpaired) electrons. The first-order valence-electron chi connectivity index (χ1n) is 11.6. The van der Waals surface area contributed by atoms with E-state index in [1.807, 2.05) is 25.1 Å². The molecule has 2 rings (SSSR count). The van der Waals surface area contributed by atoms with Crippen molar-refractivity contribution in [1.29, 1.82) is 0 Å². The molecule has 1 aromatic rings. The van der Waals surface area contributed by atoms with Crippen LogP contribution in [0.4, 0.5) is 0 Å². The van der Waals surface area contributed by atoms with Gasteiger partial charge in [0.1, 0.15) is 6.10 Å². The highest BCUT2D eigenvalue weighted by Gasteiger charge is 2.49. The molecule has 0 aromatic heterocycles. The molecule has 0 aliphatic carbocycles. The van der Waals surface area contributed by atoms with Gasteiger partial charge in [-0.2, -0.15) is 0 Å². The molecule has 0 unspecified atom stereocenters. The molecule has 1 fully saturated rings. The number of esters is 1. The van der Waals surface area contributed by atoms with Gasteiger partial charge < -0.3 is 18.6 Å². The summed E-state index contributed by atoms with van der Waals surface area (Å²) in [5.74, 6) is -0.0809. The SMILES string of the molecule is C=C(C)[C@@H](COC(C)=O)[C@H](CCOCc1ccccc1)[C@H]1O[C@@H]1CO[Si](C)(C)C(C)(C)C. The van der Waals surface area contributed by atoms with Crippen molar-refractivity contribution in [1.82, 2.24) is 0 Å². The van der Waals surface area contributed by atoms with Crippen LogP contribution in [0.15, 0.2) is 42.5 Å². The molecule has 0 saturated carbocycles. The van der Waals surface area contributed by atoms with E-state index in [0.717, 1.165) is 17.6 Å². The number of benzene rings is 1. The van der Waals surface area contributed by atoms with Crippen molar-refractivity contribution < 1.29 is 23.4 Å². The van der Waals surface area contributed by atoms with Crippen LogP contribution in [0.3, 0.4) is 0 Å². The molecule has 1 heterocycles. The zero-order chi connectivity index (χ0) is 23.9. The van der Waals surface area contributed by atoms with Crippen molar-refractivity contribution >= 4 is 14.3 Å². The number of rotatable bonds is 13. The second-order valence-electron chi connectivity index (χ2n) is 10.5. The molecule has 1 aliphatic heterocycles.